The molecule has 1 heterocycles. The molecule has 2 atom stereocenters. The van der Waals surface area contributed by atoms with E-state index in [1.807, 2.05) is 36.4 Å². The fourth-order valence-corrected chi connectivity index (χ4v) is 5.01. The van der Waals surface area contributed by atoms with Crippen molar-refractivity contribution >= 4 is 17.7 Å². The van der Waals surface area contributed by atoms with Crippen molar-refractivity contribution in [2.75, 3.05) is 0 Å². The molecule has 1 N–H and O–H groups in total. The van der Waals surface area contributed by atoms with E-state index in [1.165, 1.54) is 35.4 Å². The van der Waals surface area contributed by atoms with Crippen LogP contribution in [0.25, 0.3) is 5.69 Å². The van der Waals surface area contributed by atoms with E-state index in [0.29, 0.717) is 11.6 Å². The van der Waals surface area contributed by atoms with Gasteiger partial charge in [0, 0.05) is 11.9 Å². The first kappa shape index (κ1) is 27.1. The van der Waals surface area contributed by atoms with Crippen LogP contribution < -0.4 is 10.4 Å². The molecule has 0 amide bonds. The van der Waals surface area contributed by atoms with E-state index in [9.17, 15) is 22.8 Å². The first-order valence-electron chi connectivity index (χ1n) is 11.5. The number of hydrogen-bond acceptors (Lipinski definition) is 5. The van der Waals surface area contributed by atoms with Crippen LogP contribution >= 0.6 is 11.8 Å². The van der Waals surface area contributed by atoms with Gasteiger partial charge in [0.2, 0.25) is 0 Å². The number of aromatic nitrogens is 3. The average Bonchev–Trinajstić information content (AvgIpc) is 3.18. The summed E-state index contributed by atoms with van der Waals surface area (Å²) in [6.07, 6.45) is -5.49. The normalized spacial score (nSPS) is 13.2. The average molecular weight is 544 g/mol. The molecule has 0 fully saturated rings. The summed E-state index contributed by atoms with van der Waals surface area (Å²) >= 11 is 1.42. The first-order valence-corrected chi connectivity index (χ1v) is 12.4. The molecule has 0 aliphatic heterocycles. The van der Waals surface area contributed by atoms with Crippen LogP contribution in [0.4, 0.5) is 13.2 Å². The zero-order valence-electron chi connectivity index (χ0n) is 20.6. The number of ether oxygens (including phenoxy) is 1. The molecule has 38 heavy (non-hydrogen) atoms. The van der Waals surface area contributed by atoms with Gasteiger partial charge in [-0.1, -0.05) is 30.3 Å². The number of alkyl halides is 3. The molecule has 1 aromatic heterocycles. The molecule has 0 spiro atoms. The van der Waals surface area contributed by atoms with Crippen molar-refractivity contribution in [1.29, 1.82) is 0 Å². The zero-order valence-corrected chi connectivity index (χ0v) is 21.5. The highest BCUT2D eigenvalue weighted by Gasteiger charge is 2.30. The maximum absolute atomic E-state index is 13.1. The molecule has 4 rings (SSSR count). The molecule has 11 heteroatoms. The zero-order chi connectivity index (χ0) is 27.6. The minimum absolute atomic E-state index is 0.214. The molecule has 0 saturated heterocycles. The van der Waals surface area contributed by atoms with Crippen molar-refractivity contribution in [2.24, 2.45) is 7.05 Å². The Kier molecular flexibility index (Phi) is 7.68. The Morgan fingerprint density at radius 3 is 2.29 bits per heavy atom. The number of hydrogen-bond donors (Lipinski definition) is 1. The summed E-state index contributed by atoms with van der Waals surface area (Å²) in [6, 6.07) is 19.0. The van der Waals surface area contributed by atoms with Gasteiger partial charge in [0.15, 0.2) is 11.9 Å². The highest BCUT2D eigenvalue weighted by Crippen LogP contribution is 2.40. The number of benzene rings is 3. The summed E-state index contributed by atoms with van der Waals surface area (Å²) < 4.78 is 47.0. The van der Waals surface area contributed by atoms with Crippen LogP contribution in [0.1, 0.15) is 34.7 Å². The maximum Gasteiger partial charge on any atom is 0.416 e. The molecule has 0 saturated carbocycles. The topological polar surface area (TPSA) is 86.4 Å². The van der Waals surface area contributed by atoms with Crippen molar-refractivity contribution in [1.82, 2.24) is 14.3 Å². The Labute approximate surface area is 220 Å². The van der Waals surface area contributed by atoms with Crippen LogP contribution in [0.5, 0.6) is 5.75 Å². The van der Waals surface area contributed by atoms with Gasteiger partial charge < -0.3 is 9.84 Å². The molecule has 0 aliphatic carbocycles. The van der Waals surface area contributed by atoms with Crippen LogP contribution in [0.2, 0.25) is 0 Å². The van der Waals surface area contributed by atoms with Gasteiger partial charge in [0.1, 0.15) is 5.75 Å². The minimum atomic E-state index is -4.49. The molecular formula is C27H24F3N3O4S. The van der Waals surface area contributed by atoms with Gasteiger partial charge in [0.25, 0.3) is 0 Å². The van der Waals surface area contributed by atoms with E-state index in [1.54, 1.807) is 26.1 Å². The minimum Gasteiger partial charge on any atom is -0.479 e. The lowest BCUT2D eigenvalue weighted by molar-refractivity contribution is -0.144. The number of rotatable bonds is 8. The number of carbonyl (C=O) groups is 1. The summed E-state index contributed by atoms with van der Waals surface area (Å²) in [5.74, 6) is -0.223. The van der Waals surface area contributed by atoms with E-state index >= 15 is 0 Å². The predicted molar refractivity (Wildman–Crippen MR) is 137 cm³/mol. The SMILES string of the molecule is Cc1cc(SC(c2ccccc2)c2nn(-c3ccc(C(F)(F)F)cc3)c(=O)n2C)ccc1OC(C)C(=O)O. The number of carboxylic acid groups (broad SMARTS) is 1. The van der Waals surface area contributed by atoms with E-state index in [2.05, 4.69) is 5.10 Å². The van der Waals surface area contributed by atoms with E-state index in [-0.39, 0.29) is 5.69 Å². The monoisotopic (exact) mass is 543 g/mol. The molecule has 0 radical (unpaired) electrons. The van der Waals surface area contributed by atoms with Crippen LogP contribution in [0, 0.1) is 6.92 Å². The number of aryl methyl sites for hydroxylation is 1. The maximum atomic E-state index is 13.1. The summed E-state index contributed by atoms with van der Waals surface area (Å²) in [7, 11) is 1.57. The van der Waals surface area contributed by atoms with Gasteiger partial charge in [-0.05, 0) is 67.4 Å². The Morgan fingerprint density at radius 2 is 1.71 bits per heavy atom. The lowest BCUT2D eigenvalue weighted by Gasteiger charge is -2.18. The van der Waals surface area contributed by atoms with Gasteiger partial charge in [-0.2, -0.15) is 17.9 Å². The first-order chi connectivity index (χ1) is 18.0. The predicted octanol–water partition coefficient (Wildman–Crippen LogP) is 5.63. The second-order valence-corrected chi connectivity index (χ2v) is 9.77. The molecular weight excluding hydrogens is 519 g/mol. The van der Waals surface area contributed by atoms with Gasteiger partial charge >= 0.3 is 17.8 Å². The summed E-state index contributed by atoms with van der Waals surface area (Å²) in [4.78, 5) is 25.1. The largest absolute Gasteiger partial charge is 0.479 e. The third-order valence-electron chi connectivity index (χ3n) is 5.84. The third-order valence-corrected chi connectivity index (χ3v) is 7.09. The van der Waals surface area contributed by atoms with Crippen molar-refractivity contribution in [3.05, 3.63) is 106 Å². The van der Waals surface area contributed by atoms with Crippen molar-refractivity contribution in [2.45, 2.75) is 36.3 Å². The molecule has 3 aromatic carbocycles. The number of halogens is 3. The van der Waals surface area contributed by atoms with E-state index in [4.69, 9.17) is 9.84 Å². The molecule has 4 aromatic rings. The van der Waals surface area contributed by atoms with Gasteiger partial charge in [-0.3, -0.25) is 4.57 Å². The van der Waals surface area contributed by atoms with Crippen molar-refractivity contribution in [3.8, 4) is 11.4 Å². The number of thioether (sulfide) groups is 1. The summed E-state index contributed by atoms with van der Waals surface area (Å²) in [5.41, 5.74) is 0.501. The summed E-state index contributed by atoms with van der Waals surface area (Å²) in [5, 5.41) is 13.2. The van der Waals surface area contributed by atoms with E-state index in [0.717, 1.165) is 32.8 Å². The number of nitrogens with zero attached hydrogens (tertiary/aromatic N) is 3. The third kappa shape index (κ3) is 5.77. The second kappa shape index (κ2) is 10.8. The molecule has 7 nitrogen and oxygen atoms in total. The van der Waals surface area contributed by atoms with E-state index < -0.39 is 34.8 Å². The molecule has 198 valence electrons. The molecule has 0 aliphatic rings. The number of carboxylic acids is 1. The van der Waals surface area contributed by atoms with Crippen LogP contribution in [0.15, 0.2) is 82.5 Å². The lowest BCUT2D eigenvalue weighted by Crippen LogP contribution is -2.23. The Hall–Kier alpha value is -3.99. The van der Waals surface area contributed by atoms with Crippen LogP contribution in [-0.4, -0.2) is 31.5 Å². The smallest absolute Gasteiger partial charge is 0.416 e. The van der Waals surface area contributed by atoms with Crippen molar-refractivity contribution < 1.29 is 27.8 Å². The van der Waals surface area contributed by atoms with Crippen LogP contribution in [-0.2, 0) is 18.0 Å². The van der Waals surface area contributed by atoms with Crippen molar-refractivity contribution in [3.63, 3.8) is 0 Å². The standard InChI is InChI=1S/C27H24F3N3O4S/c1-16-15-21(13-14-22(16)37-17(2)25(34)35)38-23(18-7-5-4-6-8-18)24-31-33(26(36)32(24)3)20-11-9-19(10-12-20)27(28,29)30/h4-15,17,23H,1-3H3,(H,34,35). The second-order valence-electron chi connectivity index (χ2n) is 8.59. The quantitative estimate of drug-likeness (QED) is 0.290. The van der Waals surface area contributed by atoms with Crippen LogP contribution in [0.3, 0.4) is 0 Å². The van der Waals surface area contributed by atoms with Gasteiger partial charge in [-0.15, -0.1) is 16.9 Å². The highest BCUT2D eigenvalue weighted by atomic mass is 32.2. The molecule has 2 unspecified atom stereocenters. The Morgan fingerprint density at radius 1 is 1.05 bits per heavy atom. The summed E-state index contributed by atoms with van der Waals surface area (Å²) in [6.45, 7) is 3.25. The fraction of sp³-hybridized carbons (Fsp3) is 0.222. The van der Waals surface area contributed by atoms with Gasteiger partial charge in [-0.25, -0.2) is 9.59 Å². The number of aliphatic carboxylic acids is 1. The fourth-order valence-electron chi connectivity index (χ4n) is 3.74. The van der Waals surface area contributed by atoms with Gasteiger partial charge in [0.05, 0.1) is 16.5 Å². The lowest BCUT2D eigenvalue weighted by atomic mass is 10.1. The highest BCUT2D eigenvalue weighted by molar-refractivity contribution is 7.99. The molecule has 0 bridgehead atoms. The Balaban J connectivity index is 1.71. The Bertz CT molecular complexity index is 1500.